The van der Waals surface area contributed by atoms with Gasteiger partial charge < -0.3 is 10.4 Å². The zero-order valence-corrected chi connectivity index (χ0v) is 18.9. The molecule has 0 aliphatic carbocycles. The SMILES string of the molecule is Cc1cc(Cl)cc2c1NC(=O)[C@]21N[C@H]([C@@H](C)O)[C@H]2C(=O)N(Cc3ccccc3Cl)C(=O)[C@H]21. The van der Waals surface area contributed by atoms with E-state index in [0.717, 1.165) is 10.5 Å². The van der Waals surface area contributed by atoms with E-state index in [9.17, 15) is 19.5 Å². The number of nitrogens with one attached hydrogen (secondary N) is 2. The van der Waals surface area contributed by atoms with Crippen LogP contribution in [0.1, 0.15) is 23.6 Å². The summed E-state index contributed by atoms with van der Waals surface area (Å²) in [6.45, 7) is 3.35. The summed E-state index contributed by atoms with van der Waals surface area (Å²) in [6, 6.07) is 9.56. The average Bonchev–Trinajstić information content (AvgIpc) is 3.31. The fourth-order valence-corrected chi connectivity index (χ4v) is 5.86. The maximum Gasteiger partial charge on any atom is 0.250 e. The van der Waals surface area contributed by atoms with Gasteiger partial charge in [0, 0.05) is 27.3 Å². The molecule has 2 fully saturated rings. The molecule has 5 atom stereocenters. The summed E-state index contributed by atoms with van der Waals surface area (Å²) >= 11 is 12.6. The minimum absolute atomic E-state index is 0.00397. The highest BCUT2D eigenvalue weighted by atomic mass is 35.5. The minimum Gasteiger partial charge on any atom is -0.392 e. The molecule has 5 rings (SSSR count). The first-order chi connectivity index (χ1) is 15.2. The largest absolute Gasteiger partial charge is 0.392 e. The van der Waals surface area contributed by atoms with Crippen LogP contribution in [0.3, 0.4) is 0 Å². The van der Waals surface area contributed by atoms with Gasteiger partial charge in [-0.1, -0.05) is 41.4 Å². The molecule has 2 saturated heterocycles. The minimum atomic E-state index is -1.50. The van der Waals surface area contributed by atoms with Crippen molar-refractivity contribution in [3.05, 3.63) is 63.1 Å². The Balaban J connectivity index is 1.65. The van der Waals surface area contributed by atoms with Crippen LogP contribution in [0.4, 0.5) is 5.69 Å². The molecule has 3 amide bonds. The van der Waals surface area contributed by atoms with Crippen molar-refractivity contribution in [2.24, 2.45) is 11.8 Å². The van der Waals surface area contributed by atoms with E-state index >= 15 is 0 Å². The highest BCUT2D eigenvalue weighted by molar-refractivity contribution is 6.31. The molecule has 7 nitrogen and oxygen atoms in total. The predicted molar refractivity (Wildman–Crippen MR) is 119 cm³/mol. The van der Waals surface area contributed by atoms with Crippen LogP contribution in [-0.2, 0) is 26.5 Å². The van der Waals surface area contributed by atoms with E-state index < -0.39 is 47.2 Å². The van der Waals surface area contributed by atoms with Gasteiger partial charge in [0.25, 0.3) is 0 Å². The molecule has 2 aromatic carbocycles. The van der Waals surface area contributed by atoms with E-state index in [1.165, 1.54) is 0 Å². The third-order valence-electron chi connectivity index (χ3n) is 6.82. The van der Waals surface area contributed by atoms with Crippen LogP contribution in [0.15, 0.2) is 36.4 Å². The van der Waals surface area contributed by atoms with Crippen LogP contribution >= 0.6 is 23.2 Å². The van der Waals surface area contributed by atoms with E-state index in [2.05, 4.69) is 10.6 Å². The number of nitrogens with zero attached hydrogens (tertiary/aromatic N) is 1. The summed E-state index contributed by atoms with van der Waals surface area (Å²) < 4.78 is 0. The van der Waals surface area contributed by atoms with Crippen molar-refractivity contribution < 1.29 is 19.5 Å². The van der Waals surface area contributed by atoms with Crippen LogP contribution < -0.4 is 10.6 Å². The van der Waals surface area contributed by atoms with Gasteiger partial charge in [0.15, 0.2) is 0 Å². The summed E-state index contributed by atoms with van der Waals surface area (Å²) in [5, 5.41) is 17.4. The Morgan fingerprint density at radius 1 is 1.16 bits per heavy atom. The average molecular weight is 474 g/mol. The smallest absolute Gasteiger partial charge is 0.250 e. The zero-order chi connectivity index (χ0) is 22.9. The summed E-state index contributed by atoms with van der Waals surface area (Å²) in [6.07, 6.45) is -0.976. The Kier molecular flexibility index (Phi) is 4.87. The van der Waals surface area contributed by atoms with Gasteiger partial charge in [0.1, 0.15) is 5.54 Å². The lowest BCUT2D eigenvalue weighted by atomic mass is 9.76. The predicted octanol–water partition coefficient (Wildman–Crippen LogP) is 2.60. The summed E-state index contributed by atoms with van der Waals surface area (Å²) in [5.74, 6) is -3.26. The van der Waals surface area contributed by atoms with Crippen molar-refractivity contribution >= 4 is 46.6 Å². The van der Waals surface area contributed by atoms with Gasteiger partial charge in [-0.2, -0.15) is 0 Å². The fraction of sp³-hybridized carbons (Fsp3) is 0.348. The van der Waals surface area contributed by atoms with E-state index in [-0.39, 0.29) is 6.54 Å². The number of rotatable bonds is 3. The summed E-state index contributed by atoms with van der Waals surface area (Å²) in [5.41, 5.74) is 0.968. The van der Waals surface area contributed by atoms with Gasteiger partial charge >= 0.3 is 0 Å². The van der Waals surface area contributed by atoms with Crippen molar-refractivity contribution in [2.75, 3.05) is 5.32 Å². The Hall–Kier alpha value is -2.45. The number of amides is 3. The van der Waals surface area contributed by atoms with Crippen molar-refractivity contribution in [3.8, 4) is 0 Å². The first-order valence-electron chi connectivity index (χ1n) is 10.3. The number of imide groups is 1. The highest BCUT2D eigenvalue weighted by Gasteiger charge is 2.71. The third kappa shape index (κ3) is 2.78. The Morgan fingerprint density at radius 3 is 2.56 bits per heavy atom. The van der Waals surface area contributed by atoms with E-state index in [1.54, 1.807) is 43.3 Å². The maximum absolute atomic E-state index is 13.7. The Morgan fingerprint density at radius 2 is 1.88 bits per heavy atom. The first kappa shape index (κ1) is 21.4. The van der Waals surface area contributed by atoms with Crippen molar-refractivity contribution in [3.63, 3.8) is 0 Å². The van der Waals surface area contributed by atoms with Crippen molar-refractivity contribution in [1.29, 1.82) is 0 Å². The van der Waals surface area contributed by atoms with E-state index in [1.807, 2.05) is 6.92 Å². The number of hydrogen-bond acceptors (Lipinski definition) is 5. The number of aliphatic hydroxyl groups excluding tert-OH is 1. The van der Waals surface area contributed by atoms with Gasteiger partial charge in [0.05, 0.1) is 24.5 Å². The molecule has 0 saturated carbocycles. The Labute approximate surface area is 194 Å². The first-order valence-corrected chi connectivity index (χ1v) is 11.1. The second kappa shape index (κ2) is 7.28. The molecule has 2 aromatic rings. The highest BCUT2D eigenvalue weighted by Crippen LogP contribution is 2.54. The van der Waals surface area contributed by atoms with Gasteiger partial charge in [-0.25, -0.2) is 0 Å². The number of halogens is 2. The lowest BCUT2D eigenvalue weighted by Gasteiger charge is -2.30. The fourth-order valence-electron chi connectivity index (χ4n) is 5.39. The number of aryl methyl sites for hydroxylation is 1. The summed E-state index contributed by atoms with van der Waals surface area (Å²) in [7, 11) is 0. The standard InChI is InChI=1S/C23H21Cl2N3O4/c1-10-7-13(24)8-14-18(10)26-22(32)23(14)17-16(19(27-23)11(2)29)20(30)28(21(17)31)9-12-5-3-4-6-15(12)25/h3-8,11,16-17,19,27,29H,9H2,1-2H3,(H,26,32)/t11-,16+,17+,19-,23+/m1/s1. The molecular formula is C23H21Cl2N3O4. The van der Waals surface area contributed by atoms with Gasteiger partial charge in [-0.15, -0.1) is 0 Å². The topological polar surface area (TPSA) is 98.7 Å². The second-order valence-electron chi connectivity index (χ2n) is 8.68. The van der Waals surface area contributed by atoms with Crippen LogP contribution in [-0.4, -0.2) is 39.9 Å². The molecular weight excluding hydrogens is 453 g/mol. The van der Waals surface area contributed by atoms with Crippen molar-refractivity contribution in [1.82, 2.24) is 10.2 Å². The molecule has 3 aliphatic heterocycles. The molecule has 9 heteroatoms. The number of carbonyl (C=O) groups is 3. The molecule has 166 valence electrons. The second-order valence-corrected chi connectivity index (χ2v) is 9.52. The molecule has 0 aromatic heterocycles. The van der Waals surface area contributed by atoms with E-state index in [0.29, 0.717) is 26.9 Å². The number of likely N-dealkylation sites (tertiary alicyclic amines) is 1. The molecule has 3 aliphatic rings. The number of fused-ring (bicyclic) bond motifs is 4. The number of hydrogen-bond donors (Lipinski definition) is 3. The number of aliphatic hydroxyl groups is 1. The molecule has 3 N–H and O–H groups in total. The number of anilines is 1. The van der Waals surface area contributed by atoms with Crippen LogP contribution in [0.25, 0.3) is 0 Å². The van der Waals surface area contributed by atoms with Gasteiger partial charge in [0.2, 0.25) is 17.7 Å². The molecule has 0 bridgehead atoms. The van der Waals surface area contributed by atoms with Crippen LogP contribution in [0.5, 0.6) is 0 Å². The Bertz CT molecular complexity index is 1180. The lowest BCUT2D eigenvalue weighted by Crippen LogP contribution is -2.54. The molecule has 0 radical (unpaired) electrons. The lowest BCUT2D eigenvalue weighted by molar-refractivity contribution is -0.143. The molecule has 1 spiro atoms. The molecule has 32 heavy (non-hydrogen) atoms. The quantitative estimate of drug-likeness (QED) is 0.595. The monoisotopic (exact) mass is 473 g/mol. The third-order valence-corrected chi connectivity index (χ3v) is 7.40. The van der Waals surface area contributed by atoms with E-state index in [4.69, 9.17) is 23.2 Å². The van der Waals surface area contributed by atoms with Crippen LogP contribution in [0, 0.1) is 18.8 Å². The zero-order valence-electron chi connectivity index (χ0n) is 17.4. The van der Waals surface area contributed by atoms with Gasteiger partial charge in [-0.05, 0) is 43.2 Å². The van der Waals surface area contributed by atoms with Gasteiger partial charge in [-0.3, -0.25) is 24.6 Å². The molecule has 0 unspecified atom stereocenters. The maximum atomic E-state index is 13.7. The molecule has 3 heterocycles. The van der Waals surface area contributed by atoms with Crippen molar-refractivity contribution in [2.45, 2.75) is 38.1 Å². The van der Waals surface area contributed by atoms with Crippen LogP contribution in [0.2, 0.25) is 10.0 Å². The summed E-state index contributed by atoms with van der Waals surface area (Å²) in [4.78, 5) is 41.7. The number of benzene rings is 2. The number of carbonyl (C=O) groups excluding carboxylic acids is 3. The normalized spacial score (nSPS) is 29.5.